The van der Waals surface area contributed by atoms with E-state index in [2.05, 4.69) is 15.6 Å². The van der Waals surface area contributed by atoms with Gasteiger partial charge in [0.05, 0.1) is 6.20 Å². The maximum absolute atomic E-state index is 11.7. The van der Waals surface area contributed by atoms with Gasteiger partial charge in [0.1, 0.15) is 6.54 Å². The summed E-state index contributed by atoms with van der Waals surface area (Å²) in [5.74, 6) is -1.48. The molecule has 2 aromatic rings. The third-order valence-corrected chi connectivity index (χ3v) is 2.40. The van der Waals surface area contributed by atoms with Gasteiger partial charge in [-0.05, 0) is 19.1 Å². The second-order valence-corrected chi connectivity index (χ2v) is 4.02. The van der Waals surface area contributed by atoms with E-state index in [-0.39, 0.29) is 18.1 Å². The van der Waals surface area contributed by atoms with E-state index in [1.807, 2.05) is 19.1 Å². The number of aryl methyl sites for hydroxylation is 1. The van der Waals surface area contributed by atoms with Crippen LogP contribution in [-0.4, -0.2) is 32.0 Å². The molecule has 0 aliphatic carbocycles. The van der Waals surface area contributed by atoms with Gasteiger partial charge in [0.25, 0.3) is 0 Å². The molecule has 7 nitrogen and oxygen atoms in total. The minimum atomic E-state index is -1.18. The van der Waals surface area contributed by atoms with Crippen LogP contribution in [-0.2, 0) is 11.3 Å². The molecule has 0 radical (unpaired) electrons. The Balaban J connectivity index is 1.97. The maximum Gasteiger partial charge on any atom is 0.358 e. The third kappa shape index (κ3) is 3.38. The van der Waals surface area contributed by atoms with Gasteiger partial charge in [-0.15, -0.1) is 5.10 Å². The second-order valence-electron chi connectivity index (χ2n) is 4.02. The number of carboxylic acid groups (broad SMARTS) is 1. The van der Waals surface area contributed by atoms with Crippen molar-refractivity contribution in [2.45, 2.75) is 13.5 Å². The average Bonchev–Trinajstić information content (AvgIpc) is 2.80. The summed E-state index contributed by atoms with van der Waals surface area (Å²) in [6.45, 7) is 1.86. The van der Waals surface area contributed by atoms with Gasteiger partial charge in [-0.1, -0.05) is 22.9 Å². The first-order chi connectivity index (χ1) is 9.04. The van der Waals surface area contributed by atoms with E-state index in [4.69, 9.17) is 5.11 Å². The first kappa shape index (κ1) is 12.7. The molecule has 0 aliphatic rings. The number of rotatable bonds is 4. The van der Waals surface area contributed by atoms with Gasteiger partial charge in [-0.25, -0.2) is 9.48 Å². The average molecular weight is 260 g/mol. The molecule has 7 heteroatoms. The number of hydrogen-bond acceptors (Lipinski definition) is 4. The Bertz CT molecular complexity index is 604. The molecular formula is C12H12N4O3. The van der Waals surface area contributed by atoms with Crippen LogP contribution in [0.25, 0.3) is 0 Å². The number of anilines is 1. The third-order valence-electron chi connectivity index (χ3n) is 2.40. The molecule has 1 aromatic heterocycles. The van der Waals surface area contributed by atoms with Gasteiger partial charge in [-0.3, -0.25) is 4.79 Å². The summed E-state index contributed by atoms with van der Waals surface area (Å²) in [5.41, 5.74) is 1.58. The highest BCUT2D eigenvalue weighted by Gasteiger charge is 2.10. The smallest absolute Gasteiger partial charge is 0.358 e. The summed E-state index contributed by atoms with van der Waals surface area (Å²) < 4.78 is 1.17. The summed E-state index contributed by atoms with van der Waals surface area (Å²) in [4.78, 5) is 22.3. The Kier molecular flexibility index (Phi) is 3.56. The van der Waals surface area contributed by atoms with Crippen LogP contribution in [0.15, 0.2) is 30.5 Å². The normalized spacial score (nSPS) is 10.2. The highest BCUT2D eigenvalue weighted by Crippen LogP contribution is 2.08. The van der Waals surface area contributed by atoms with E-state index in [1.54, 1.807) is 12.1 Å². The molecule has 0 saturated heterocycles. The van der Waals surface area contributed by atoms with Crippen molar-refractivity contribution in [3.05, 3.63) is 41.7 Å². The number of nitrogens with zero attached hydrogens (tertiary/aromatic N) is 3. The summed E-state index contributed by atoms with van der Waals surface area (Å²) in [6.07, 6.45) is 1.21. The van der Waals surface area contributed by atoms with Gasteiger partial charge in [0.15, 0.2) is 5.69 Å². The quantitative estimate of drug-likeness (QED) is 0.852. The zero-order chi connectivity index (χ0) is 13.8. The maximum atomic E-state index is 11.7. The van der Waals surface area contributed by atoms with Crippen molar-refractivity contribution >= 4 is 17.6 Å². The number of hydrogen-bond donors (Lipinski definition) is 2. The molecule has 1 heterocycles. The van der Waals surface area contributed by atoms with E-state index in [9.17, 15) is 9.59 Å². The Morgan fingerprint density at radius 2 is 2.00 bits per heavy atom. The van der Waals surface area contributed by atoms with Crippen molar-refractivity contribution in [3.63, 3.8) is 0 Å². The molecule has 19 heavy (non-hydrogen) atoms. The lowest BCUT2D eigenvalue weighted by molar-refractivity contribution is -0.116. The Morgan fingerprint density at radius 3 is 2.58 bits per heavy atom. The van der Waals surface area contributed by atoms with E-state index < -0.39 is 5.97 Å². The van der Waals surface area contributed by atoms with Crippen LogP contribution in [0.4, 0.5) is 5.69 Å². The van der Waals surface area contributed by atoms with Crippen LogP contribution in [0.1, 0.15) is 16.1 Å². The number of nitrogens with one attached hydrogen (secondary N) is 1. The monoisotopic (exact) mass is 260 g/mol. The molecule has 1 amide bonds. The lowest BCUT2D eigenvalue weighted by Gasteiger charge is -2.04. The predicted octanol–water partition coefficient (Wildman–Crippen LogP) is 0.923. The summed E-state index contributed by atoms with van der Waals surface area (Å²) in [7, 11) is 0. The fraction of sp³-hybridized carbons (Fsp3) is 0.167. The van der Waals surface area contributed by atoms with Gasteiger partial charge in [-0.2, -0.15) is 0 Å². The fourth-order valence-electron chi connectivity index (χ4n) is 1.46. The largest absolute Gasteiger partial charge is 0.476 e. The zero-order valence-electron chi connectivity index (χ0n) is 10.2. The predicted molar refractivity (Wildman–Crippen MR) is 66.8 cm³/mol. The van der Waals surface area contributed by atoms with E-state index >= 15 is 0 Å². The van der Waals surface area contributed by atoms with Gasteiger partial charge in [0.2, 0.25) is 5.91 Å². The fourth-order valence-corrected chi connectivity index (χ4v) is 1.46. The summed E-state index contributed by atoms with van der Waals surface area (Å²) >= 11 is 0. The van der Waals surface area contributed by atoms with E-state index in [0.29, 0.717) is 5.69 Å². The van der Waals surface area contributed by atoms with Crippen molar-refractivity contribution in [2.75, 3.05) is 5.32 Å². The number of carbonyl (C=O) groups excluding carboxylic acids is 1. The standard InChI is InChI=1S/C12H12N4O3/c1-8-2-4-9(5-3-8)13-11(17)7-16-6-10(12(18)19)14-15-16/h2-6H,7H2,1H3,(H,13,17)(H,18,19). The van der Waals surface area contributed by atoms with Crippen LogP contribution in [0.2, 0.25) is 0 Å². The Morgan fingerprint density at radius 1 is 1.32 bits per heavy atom. The van der Waals surface area contributed by atoms with Crippen molar-refractivity contribution in [3.8, 4) is 0 Å². The highest BCUT2D eigenvalue weighted by atomic mass is 16.4. The molecule has 1 aromatic carbocycles. The van der Waals surface area contributed by atoms with Crippen molar-refractivity contribution in [1.29, 1.82) is 0 Å². The van der Waals surface area contributed by atoms with Crippen LogP contribution < -0.4 is 5.32 Å². The minimum absolute atomic E-state index is 0.0891. The molecule has 0 fully saturated rings. The number of benzene rings is 1. The molecule has 2 N–H and O–H groups in total. The molecule has 0 unspecified atom stereocenters. The van der Waals surface area contributed by atoms with Crippen molar-refractivity contribution in [2.24, 2.45) is 0 Å². The molecule has 0 aliphatic heterocycles. The summed E-state index contributed by atoms with van der Waals surface area (Å²) in [5, 5.41) is 18.3. The second kappa shape index (κ2) is 5.30. The van der Waals surface area contributed by atoms with Gasteiger partial charge in [0, 0.05) is 5.69 Å². The zero-order valence-corrected chi connectivity index (χ0v) is 10.2. The van der Waals surface area contributed by atoms with Crippen LogP contribution >= 0.6 is 0 Å². The number of carbonyl (C=O) groups is 2. The number of aromatic carboxylic acids is 1. The first-order valence-electron chi connectivity index (χ1n) is 5.54. The minimum Gasteiger partial charge on any atom is -0.476 e. The van der Waals surface area contributed by atoms with Gasteiger partial charge >= 0.3 is 5.97 Å². The number of aromatic nitrogens is 3. The summed E-state index contributed by atoms with van der Waals surface area (Å²) in [6, 6.07) is 7.34. The molecule has 0 bridgehead atoms. The molecular weight excluding hydrogens is 248 g/mol. The SMILES string of the molecule is Cc1ccc(NC(=O)Cn2cc(C(=O)O)nn2)cc1. The van der Waals surface area contributed by atoms with Crippen LogP contribution in [0.5, 0.6) is 0 Å². The Labute approximate surface area is 108 Å². The van der Waals surface area contributed by atoms with Crippen LogP contribution in [0.3, 0.4) is 0 Å². The molecule has 0 atom stereocenters. The van der Waals surface area contributed by atoms with Crippen molar-refractivity contribution in [1.82, 2.24) is 15.0 Å². The number of carboxylic acids is 1. The number of amides is 1. The first-order valence-corrected chi connectivity index (χ1v) is 5.54. The lowest BCUT2D eigenvalue weighted by Crippen LogP contribution is -2.19. The molecule has 98 valence electrons. The Hall–Kier alpha value is -2.70. The van der Waals surface area contributed by atoms with Crippen LogP contribution in [0, 0.1) is 6.92 Å². The highest BCUT2D eigenvalue weighted by molar-refractivity contribution is 5.90. The molecule has 2 rings (SSSR count). The van der Waals surface area contributed by atoms with Crippen molar-refractivity contribution < 1.29 is 14.7 Å². The topological polar surface area (TPSA) is 97.1 Å². The lowest BCUT2D eigenvalue weighted by atomic mass is 10.2. The van der Waals surface area contributed by atoms with Gasteiger partial charge < -0.3 is 10.4 Å². The molecule has 0 saturated carbocycles. The molecule has 0 spiro atoms. The van der Waals surface area contributed by atoms with E-state index in [1.165, 1.54) is 10.9 Å². The van der Waals surface area contributed by atoms with E-state index in [0.717, 1.165) is 5.56 Å².